The number of amidine groups is 2. The minimum atomic E-state index is -0.118. The predicted molar refractivity (Wildman–Crippen MR) is 268 cm³/mol. The van der Waals surface area contributed by atoms with Gasteiger partial charge in [-0.05, 0) is 77.1 Å². The zero-order valence-corrected chi connectivity index (χ0v) is 36.9. The van der Waals surface area contributed by atoms with Gasteiger partial charge in [-0.25, -0.2) is 15.0 Å². The fourth-order valence-electron chi connectivity index (χ4n) is 8.95. The Morgan fingerprint density at radius 3 is 2.11 bits per heavy atom. The van der Waals surface area contributed by atoms with Gasteiger partial charge in [0.2, 0.25) is 0 Å². The first-order valence-electron chi connectivity index (χ1n) is 21.3. The Bertz CT molecular complexity index is 3290. The van der Waals surface area contributed by atoms with Gasteiger partial charge in [-0.1, -0.05) is 160 Å². The van der Waals surface area contributed by atoms with E-state index in [4.69, 9.17) is 20.7 Å². The van der Waals surface area contributed by atoms with E-state index in [2.05, 4.69) is 173 Å². The molecule has 302 valence electrons. The Balaban J connectivity index is 1.03. The molecule has 9 aromatic rings. The van der Waals surface area contributed by atoms with Crippen molar-refractivity contribution in [1.82, 2.24) is 0 Å². The molecule has 0 fully saturated rings. The third kappa shape index (κ3) is 7.19. The number of aliphatic imine (C=N–C) groups is 3. The van der Waals surface area contributed by atoms with Gasteiger partial charge in [0.25, 0.3) is 0 Å². The molecule has 2 N–H and O–H groups in total. The Kier molecular flexibility index (Phi) is 10.3. The molecule has 6 heteroatoms. The lowest BCUT2D eigenvalue weighted by molar-refractivity contribution is 0.660. The lowest BCUT2D eigenvalue weighted by atomic mass is 9.82. The van der Waals surface area contributed by atoms with Crippen LogP contribution in [-0.4, -0.2) is 17.4 Å². The number of hydrogen-bond acceptors (Lipinski definition) is 4. The summed E-state index contributed by atoms with van der Waals surface area (Å²) in [5.41, 5.74) is 20.2. The zero-order valence-electron chi connectivity index (χ0n) is 35.3. The molecule has 0 spiro atoms. The van der Waals surface area contributed by atoms with E-state index in [0.29, 0.717) is 11.7 Å². The van der Waals surface area contributed by atoms with Gasteiger partial charge in [-0.2, -0.15) is 0 Å². The van der Waals surface area contributed by atoms with E-state index in [1.807, 2.05) is 35.6 Å². The number of fused-ring (bicyclic) bond motifs is 7. The highest BCUT2D eigenvalue weighted by atomic mass is 32.1. The third-order valence-corrected chi connectivity index (χ3v) is 14.4. The number of nitrogens with zero attached hydrogens (tertiary/aromatic N) is 3. The number of rotatable bonds is 9. The van der Waals surface area contributed by atoms with Gasteiger partial charge in [0.1, 0.15) is 5.84 Å². The molecule has 0 radical (unpaired) electrons. The van der Waals surface area contributed by atoms with Crippen LogP contribution in [0.4, 0.5) is 5.69 Å². The molecule has 0 saturated heterocycles. The zero-order chi connectivity index (χ0) is 42.4. The van der Waals surface area contributed by atoms with Gasteiger partial charge in [0, 0.05) is 69.4 Å². The second-order valence-electron chi connectivity index (χ2n) is 16.4. The molecule has 4 nitrogen and oxygen atoms in total. The van der Waals surface area contributed by atoms with Gasteiger partial charge >= 0.3 is 0 Å². The molecule has 2 heterocycles. The SMILES string of the molecule is CC/C=C(/N=C(N=C(C)c1cccc2sc3ccc(Cc4sc5ccccc5c4N=C(N)c4ccc5c(c4)C(C)(C)c4ccccc4-5)cc3c12)c1ccccc1)c1ccccc1. The minimum Gasteiger partial charge on any atom is -0.383 e. The highest BCUT2D eigenvalue weighted by Crippen LogP contribution is 2.49. The van der Waals surface area contributed by atoms with Crippen LogP contribution >= 0.6 is 22.7 Å². The van der Waals surface area contributed by atoms with Crippen LogP contribution in [0.15, 0.2) is 185 Å². The number of allylic oxidation sites excluding steroid dienone is 1. The highest BCUT2D eigenvalue weighted by molar-refractivity contribution is 7.26. The topological polar surface area (TPSA) is 63.1 Å². The van der Waals surface area contributed by atoms with Gasteiger partial charge < -0.3 is 5.73 Å². The first-order chi connectivity index (χ1) is 30.3. The van der Waals surface area contributed by atoms with E-state index >= 15 is 0 Å². The summed E-state index contributed by atoms with van der Waals surface area (Å²) in [5.74, 6) is 1.22. The maximum atomic E-state index is 6.97. The van der Waals surface area contributed by atoms with Crippen LogP contribution in [0.25, 0.3) is 47.1 Å². The van der Waals surface area contributed by atoms with E-state index in [1.165, 1.54) is 57.6 Å². The van der Waals surface area contributed by atoms with Gasteiger partial charge in [0.15, 0.2) is 5.84 Å². The number of benzene rings is 7. The van der Waals surface area contributed by atoms with E-state index in [1.54, 1.807) is 11.3 Å². The number of thiophene rings is 2. The van der Waals surface area contributed by atoms with Crippen molar-refractivity contribution in [2.75, 3.05) is 0 Å². The van der Waals surface area contributed by atoms with Crippen LogP contribution in [0, 0.1) is 0 Å². The van der Waals surface area contributed by atoms with E-state index in [9.17, 15) is 0 Å². The van der Waals surface area contributed by atoms with Crippen molar-refractivity contribution < 1.29 is 0 Å². The summed E-state index contributed by atoms with van der Waals surface area (Å²) in [5, 5.41) is 3.57. The summed E-state index contributed by atoms with van der Waals surface area (Å²) in [6.45, 7) is 8.85. The maximum absolute atomic E-state index is 6.97. The van der Waals surface area contributed by atoms with Crippen molar-refractivity contribution in [3.8, 4) is 11.1 Å². The molecular weight excluding hydrogens is 793 g/mol. The first-order valence-corrected chi connectivity index (χ1v) is 22.9. The van der Waals surface area contributed by atoms with Gasteiger partial charge in [-0.3, -0.25) is 0 Å². The average molecular weight is 839 g/mol. The lowest BCUT2D eigenvalue weighted by Gasteiger charge is -2.21. The Morgan fingerprint density at radius 2 is 1.31 bits per heavy atom. The lowest BCUT2D eigenvalue weighted by Crippen LogP contribution is -2.18. The second kappa shape index (κ2) is 16.3. The van der Waals surface area contributed by atoms with Crippen LogP contribution in [0.2, 0.25) is 0 Å². The standard InChI is InChI=1S/C56H46N4S2/c1-5-17-47(37-18-8-6-9-19-37)59-55(38-20-10-7-11-21-38)58-35(2)40-24-16-27-50-52(40)44-32-36(28-31-49(44)61-50)33-51-53(43-23-13-15-26-48(43)62-51)60-54(57)39-29-30-42-41-22-12-14-25-45(41)56(3,4)46(42)34-39/h6-32,34H,5,33H2,1-4H3,(H2,57,60)/b47-17+,58-35?,59-55?. The molecule has 62 heavy (non-hydrogen) atoms. The van der Waals surface area contributed by atoms with Crippen molar-refractivity contribution >= 4 is 81.7 Å². The summed E-state index contributed by atoms with van der Waals surface area (Å²) in [6.07, 6.45) is 3.77. The fraction of sp³-hybridized carbons (Fsp3) is 0.125. The van der Waals surface area contributed by atoms with Crippen molar-refractivity contribution in [3.63, 3.8) is 0 Å². The predicted octanol–water partition coefficient (Wildman–Crippen LogP) is 14.9. The molecule has 0 unspecified atom stereocenters. The van der Waals surface area contributed by atoms with Crippen LogP contribution in [0.5, 0.6) is 0 Å². The molecule has 0 atom stereocenters. The molecule has 10 rings (SSSR count). The smallest absolute Gasteiger partial charge is 0.160 e. The van der Waals surface area contributed by atoms with Crippen LogP contribution in [-0.2, 0) is 11.8 Å². The molecule has 7 aromatic carbocycles. The number of nitrogens with two attached hydrogens (primary N) is 1. The Labute approximate surface area is 371 Å². The molecule has 0 saturated carbocycles. The highest BCUT2D eigenvalue weighted by Gasteiger charge is 2.35. The van der Waals surface area contributed by atoms with Gasteiger partial charge in [-0.15, -0.1) is 22.7 Å². The van der Waals surface area contributed by atoms with Crippen molar-refractivity contribution in [2.45, 2.75) is 46.0 Å². The normalized spacial score (nSPS) is 14.2. The molecule has 0 amide bonds. The molecular formula is C56H46N4S2. The summed E-state index contributed by atoms with van der Waals surface area (Å²) >= 11 is 3.63. The Hall–Kier alpha value is -6.73. The van der Waals surface area contributed by atoms with Crippen LogP contribution in [0.1, 0.15) is 77.9 Å². The summed E-state index contributed by atoms with van der Waals surface area (Å²) in [4.78, 5) is 17.0. The van der Waals surface area contributed by atoms with E-state index in [-0.39, 0.29) is 5.41 Å². The molecule has 0 aliphatic heterocycles. The third-order valence-electron chi connectivity index (χ3n) is 12.1. The minimum absolute atomic E-state index is 0.118. The molecule has 1 aliphatic rings. The van der Waals surface area contributed by atoms with Crippen LogP contribution in [0.3, 0.4) is 0 Å². The summed E-state index contributed by atoms with van der Waals surface area (Å²) in [6, 6.07) is 58.0. The van der Waals surface area contributed by atoms with Gasteiger partial charge in [0.05, 0.1) is 11.4 Å². The second-order valence-corrected chi connectivity index (χ2v) is 18.7. The number of hydrogen-bond donors (Lipinski definition) is 1. The molecule has 1 aliphatic carbocycles. The fourth-order valence-corrected chi connectivity index (χ4v) is 11.2. The summed E-state index contributed by atoms with van der Waals surface area (Å²) < 4.78 is 3.69. The van der Waals surface area contributed by atoms with E-state index < -0.39 is 0 Å². The van der Waals surface area contributed by atoms with Crippen LogP contribution < -0.4 is 5.73 Å². The average Bonchev–Trinajstić information content (AvgIpc) is 3.93. The van der Waals surface area contributed by atoms with E-state index in [0.717, 1.165) is 57.6 Å². The van der Waals surface area contributed by atoms with Crippen molar-refractivity contribution in [2.24, 2.45) is 20.7 Å². The quantitative estimate of drug-likeness (QED) is 0.114. The largest absolute Gasteiger partial charge is 0.383 e. The first kappa shape index (κ1) is 39.4. The van der Waals surface area contributed by atoms with Crippen molar-refractivity contribution in [3.05, 3.63) is 214 Å². The maximum Gasteiger partial charge on any atom is 0.160 e. The van der Waals surface area contributed by atoms with Crippen molar-refractivity contribution in [1.29, 1.82) is 0 Å². The Morgan fingerprint density at radius 1 is 0.613 bits per heavy atom. The molecule has 2 aromatic heterocycles. The molecule has 0 bridgehead atoms. The monoisotopic (exact) mass is 838 g/mol. The summed E-state index contributed by atoms with van der Waals surface area (Å²) in [7, 11) is 0.